The highest BCUT2D eigenvalue weighted by Gasteiger charge is 2.41. The lowest BCUT2D eigenvalue weighted by molar-refractivity contribution is -0.119. The number of aromatic nitrogens is 2. The van der Waals surface area contributed by atoms with Crippen LogP contribution in [0.2, 0.25) is 0 Å². The van der Waals surface area contributed by atoms with Crippen LogP contribution in [-0.4, -0.2) is 65.3 Å². The Balaban J connectivity index is 1.71. The summed E-state index contributed by atoms with van der Waals surface area (Å²) in [5.74, 6) is -1.28. The van der Waals surface area contributed by atoms with E-state index in [1.807, 2.05) is 0 Å². The zero-order valence-corrected chi connectivity index (χ0v) is 17.7. The molecule has 1 aromatic carbocycles. The number of carbonyl (C=O) groups excluding carboxylic acids is 2. The molecule has 2 atom stereocenters. The molecule has 2 amide bonds. The van der Waals surface area contributed by atoms with Crippen molar-refractivity contribution in [3.63, 3.8) is 0 Å². The van der Waals surface area contributed by atoms with Crippen LogP contribution in [0.25, 0.3) is 11.4 Å². The van der Waals surface area contributed by atoms with E-state index in [2.05, 4.69) is 10.3 Å². The zero-order chi connectivity index (χ0) is 23.0. The predicted molar refractivity (Wildman–Crippen MR) is 112 cm³/mol. The number of nitrogens with one attached hydrogen (secondary N) is 1. The van der Waals surface area contributed by atoms with E-state index in [0.717, 1.165) is 16.7 Å². The number of rotatable bonds is 7. The number of primary amides is 1. The lowest BCUT2D eigenvalue weighted by atomic mass is 10.1. The number of carbonyl (C=O) groups is 2. The monoisotopic (exact) mass is 471 g/mol. The lowest BCUT2D eigenvalue weighted by Gasteiger charge is -2.20. The second kappa shape index (κ2) is 8.90. The molecule has 1 saturated heterocycles. The molecular formula is C19H20F3N5O4S. The van der Waals surface area contributed by atoms with Crippen LogP contribution in [0.3, 0.4) is 0 Å². The van der Waals surface area contributed by atoms with Crippen LogP contribution in [0, 0.1) is 5.82 Å². The first-order valence-electron chi connectivity index (χ1n) is 9.63. The Labute approximate surface area is 185 Å². The Morgan fingerprint density at radius 2 is 2.25 bits per heavy atom. The Kier molecular flexibility index (Phi) is 6.20. The van der Waals surface area contributed by atoms with Crippen LogP contribution in [0.1, 0.15) is 0 Å². The number of imidazole rings is 1. The second-order valence-corrected chi connectivity index (χ2v) is 8.14. The van der Waals surface area contributed by atoms with Gasteiger partial charge in [-0.1, -0.05) is 11.8 Å². The van der Waals surface area contributed by atoms with Gasteiger partial charge in [-0.3, -0.25) is 14.5 Å². The average molecular weight is 471 g/mol. The van der Waals surface area contributed by atoms with Crippen molar-refractivity contribution in [3.8, 4) is 17.1 Å². The third kappa shape index (κ3) is 3.97. The standard InChI is InChI=1S/C19H20F3N5O4S/c1-30-7-11(17(23)28)24-10-3-2-9-15(14(10)20)31-5-4-26-6-13(25-18(9)26)27-12(16(21)22)8-32-19(27)29/h2-3,6,11-12,16,24H,4-5,7-8H2,1H3,(H2,23,28)/t11-,12-/m0/s1. The Hall–Kier alpha value is -2.93. The number of nitrogens with two attached hydrogens (primary N) is 1. The van der Waals surface area contributed by atoms with E-state index in [4.69, 9.17) is 15.2 Å². The van der Waals surface area contributed by atoms with Crippen molar-refractivity contribution in [1.82, 2.24) is 9.55 Å². The van der Waals surface area contributed by atoms with Gasteiger partial charge in [-0.05, 0) is 12.1 Å². The molecule has 0 spiro atoms. The van der Waals surface area contributed by atoms with Gasteiger partial charge in [0.15, 0.2) is 17.4 Å². The zero-order valence-electron chi connectivity index (χ0n) is 16.9. The number of fused-ring (bicyclic) bond motifs is 3. The molecule has 0 aliphatic carbocycles. The van der Waals surface area contributed by atoms with Crippen LogP contribution in [0.15, 0.2) is 18.3 Å². The third-order valence-corrected chi connectivity index (χ3v) is 6.08. The summed E-state index contributed by atoms with van der Waals surface area (Å²) in [6, 6.07) is 0.686. The highest BCUT2D eigenvalue weighted by molar-refractivity contribution is 8.14. The van der Waals surface area contributed by atoms with Gasteiger partial charge in [0.05, 0.1) is 24.4 Å². The van der Waals surface area contributed by atoms with Crippen LogP contribution >= 0.6 is 11.8 Å². The summed E-state index contributed by atoms with van der Waals surface area (Å²) < 4.78 is 54.2. The summed E-state index contributed by atoms with van der Waals surface area (Å²) in [6.07, 6.45) is -1.24. The topological polar surface area (TPSA) is 112 Å². The normalized spacial score (nSPS) is 18.7. The van der Waals surface area contributed by atoms with E-state index in [1.54, 1.807) is 4.57 Å². The maximum Gasteiger partial charge on any atom is 0.287 e. The van der Waals surface area contributed by atoms with Crippen LogP contribution < -0.4 is 20.7 Å². The quantitative estimate of drug-likeness (QED) is 0.637. The number of alkyl halides is 2. The number of amides is 2. The number of halogens is 3. The highest BCUT2D eigenvalue weighted by atomic mass is 32.2. The van der Waals surface area contributed by atoms with Crippen LogP contribution in [0.4, 0.5) is 29.5 Å². The molecule has 0 saturated carbocycles. The summed E-state index contributed by atoms with van der Waals surface area (Å²) in [6.45, 7) is 0.281. The number of anilines is 2. The van der Waals surface area contributed by atoms with Crippen molar-refractivity contribution in [3.05, 3.63) is 24.1 Å². The lowest BCUT2D eigenvalue weighted by Crippen LogP contribution is -2.39. The van der Waals surface area contributed by atoms with Gasteiger partial charge in [-0.2, -0.15) is 0 Å². The van der Waals surface area contributed by atoms with Crippen LogP contribution in [0.5, 0.6) is 5.75 Å². The van der Waals surface area contributed by atoms with Crippen molar-refractivity contribution in [1.29, 1.82) is 0 Å². The fraction of sp³-hybridized carbons (Fsp3) is 0.421. The minimum Gasteiger partial charge on any atom is -0.488 e. The Bertz CT molecular complexity index is 1050. The number of methoxy groups -OCH3 is 1. The Morgan fingerprint density at radius 1 is 1.47 bits per heavy atom. The molecule has 3 heterocycles. The molecule has 0 unspecified atom stereocenters. The molecular weight excluding hydrogens is 451 g/mol. The highest BCUT2D eigenvalue weighted by Crippen LogP contribution is 2.40. The van der Waals surface area contributed by atoms with Crippen molar-refractivity contribution in [2.75, 3.05) is 36.3 Å². The first-order chi connectivity index (χ1) is 15.3. The molecule has 9 nitrogen and oxygen atoms in total. The van der Waals surface area contributed by atoms with E-state index >= 15 is 4.39 Å². The minimum absolute atomic E-state index is 0.0197. The van der Waals surface area contributed by atoms with E-state index in [1.165, 1.54) is 25.4 Å². The molecule has 3 N–H and O–H groups in total. The van der Waals surface area contributed by atoms with Gasteiger partial charge in [-0.15, -0.1) is 0 Å². The number of nitrogens with zero attached hydrogens (tertiary/aromatic N) is 3. The fourth-order valence-corrected chi connectivity index (χ4v) is 4.54. The number of benzene rings is 1. The predicted octanol–water partition coefficient (Wildman–Crippen LogP) is 2.30. The van der Waals surface area contributed by atoms with Gasteiger partial charge in [0.1, 0.15) is 24.5 Å². The molecule has 1 aromatic heterocycles. The molecule has 32 heavy (non-hydrogen) atoms. The van der Waals surface area contributed by atoms with E-state index in [0.29, 0.717) is 0 Å². The molecule has 2 aliphatic rings. The van der Waals surface area contributed by atoms with Crippen molar-refractivity contribution < 1.29 is 32.2 Å². The SMILES string of the molecule is COC[C@H](Nc1ccc2c(c1F)OCCn1cc(N3C(=O)SC[C@H]3C(F)F)nc1-2)C(N)=O. The van der Waals surface area contributed by atoms with Crippen LogP contribution in [-0.2, 0) is 16.1 Å². The summed E-state index contributed by atoms with van der Waals surface area (Å²) in [5, 5.41) is 2.18. The smallest absolute Gasteiger partial charge is 0.287 e. The van der Waals surface area contributed by atoms with Gasteiger partial charge in [0.2, 0.25) is 5.91 Å². The summed E-state index contributed by atoms with van der Waals surface area (Å²) >= 11 is 0.805. The first-order valence-corrected chi connectivity index (χ1v) is 10.6. The maximum atomic E-state index is 15.2. The molecule has 4 rings (SSSR count). The average Bonchev–Trinajstić information content (AvgIpc) is 3.28. The van der Waals surface area contributed by atoms with Gasteiger partial charge in [-0.25, -0.2) is 18.2 Å². The molecule has 13 heteroatoms. The third-order valence-electron chi connectivity index (χ3n) is 5.13. The molecule has 172 valence electrons. The molecule has 0 bridgehead atoms. The van der Waals surface area contributed by atoms with Gasteiger partial charge < -0.3 is 25.1 Å². The largest absolute Gasteiger partial charge is 0.488 e. The Morgan fingerprint density at radius 3 is 2.94 bits per heavy atom. The van der Waals surface area contributed by atoms with Crippen molar-refractivity contribution >= 4 is 34.4 Å². The van der Waals surface area contributed by atoms with Crippen molar-refractivity contribution in [2.24, 2.45) is 5.73 Å². The van der Waals surface area contributed by atoms with Gasteiger partial charge in [0.25, 0.3) is 11.7 Å². The van der Waals surface area contributed by atoms with E-state index in [-0.39, 0.29) is 54.2 Å². The molecule has 2 aliphatic heterocycles. The summed E-state index contributed by atoms with van der Waals surface area (Å²) in [7, 11) is 1.38. The fourth-order valence-electron chi connectivity index (χ4n) is 3.57. The van der Waals surface area contributed by atoms with Gasteiger partial charge >= 0.3 is 0 Å². The number of ether oxygens (including phenoxy) is 2. The number of hydrogen-bond donors (Lipinski definition) is 2. The first kappa shape index (κ1) is 22.3. The number of thioether (sulfide) groups is 1. The molecule has 1 fully saturated rings. The minimum atomic E-state index is -2.72. The van der Waals surface area contributed by atoms with Crippen molar-refractivity contribution in [2.45, 2.75) is 25.1 Å². The molecule has 2 aromatic rings. The summed E-state index contributed by atoms with van der Waals surface area (Å²) in [4.78, 5) is 29.1. The molecule has 0 radical (unpaired) electrons. The second-order valence-electron chi connectivity index (χ2n) is 7.17. The van der Waals surface area contributed by atoms with E-state index in [9.17, 15) is 18.4 Å². The maximum absolute atomic E-state index is 15.2. The van der Waals surface area contributed by atoms with E-state index < -0.39 is 35.5 Å². The van der Waals surface area contributed by atoms with Gasteiger partial charge in [0, 0.05) is 19.1 Å². The number of hydrogen-bond acceptors (Lipinski definition) is 7. The summed E-state index contributed by atoms with van der Waals surface area (Å²) in [5.41, 5.74) is 5.58.